The minimum absolute atomic E-state index is 0.00537. The monoisotopic (exact) mass is 224 g/mol. The summed E-state index contributed by atoms with van der Waals surface area (Å²) in [5.74, 6) is -0.333. The first-order valence-electron chi connectivity index (χ1n) is 5.20. The summed E-state index contributed by atoms with van der Waals surface area (Å²) in [6.45, 7) is 5.98. The van der Waals surface area contributed by atoms with E-state index in [1.807, 2.05) is 20.8 Å². The Morgan fingerprint density at radius 2 is 2.00 bits per heavy atom. The molecule has 0 aromatic heterocycles. The third-order valence-corrected chi connectivity index (χ3v) is 2.16. The van der Waals surface area contributed by atoms with E-state index in [2.05, 4.69) is 0 Å². The maximum absolute atomic E-state index is 13.1. The van der Waals surface area contributed by atoms with Gasteiger partial charge in [-0.15, -0.1) is 0 Å². The molecule has 0 atom stereocenters. The van der Waals surface area contributed by atoms with Crippen molar-refractivity contribution in [3.8, 4) is 5.75 Å². The van der Waals surface area contributed by atoms with Crippen LogP contribution in [0.3, 0.4) is 0 Å². The van der Waals surface area contributed by atoms with Crippen molar-refractivity contribution >= 4 is 5.78 Å². The summed E-state index contributed by atoms with van der Waals surface area (Å²) in [4.78, 5) is 11.9. The lowest BCUT2D eigenvalue weighted by Gasteiger charge is -2.16. The van der Waals surface area contributed by atoms with Gasteiger partial charge in [0.25, 0.3) is 0 Å². The molecule has 0 fully saturated rings. The van der Waals surface area contributed by atoms with Crippen LogP contribution in [0.25, 0.3) is 0 Å². The van der Waals surface area contributed by atoms with E-state index < -0.39 is 5.82 Å². The highest BCUT2D eigenvalue weighted by atomic mass is 19.1. The van der Waals surface area contributed by atoms with E-state index in [0.29, 0.717) is 12.0 Å². The van der Waals surface area contributed by atoms with E-state index in [9.17, 15) is 9.18 Å². The fourth-order valence-corrected chi connectivity index (χ4v) is 1.42. The van der Waals surface area contributed by atoms with Crippen molar-refractivity contribution < 1.29 is 13.9 Å². The second-order valence-electron chi connectivity index (χ2n) is 5.01. The van der Waals surface area contributed by atoms with Gasteiger partial charge in [0.2, 0.25) is 0 Å². The number of benzene rings is 1. The van der Waals surface area contributed by atoms with Crippen LogP contribution < -0.4 is 4.74 Å². The molecule has 0 aliphatic heterocycles. The standard InChI is InChI=1S/C13H17FO2/c1-13(2,3)8-11(15)9-5-6-10(14)12(7-9)16-4/h5-7H,8H2,1-4H3. The Labute approximate surface area is 95.4 Å². The average Bonchev–Trinajstić information content (AvgIpc) is 2.15. The van der Waals surface area contributed by atoms with Crippen molar-refractivity contribution in [1.29, 1.82) is 0 Å². The molecule has 1 aromatic carbocycles. The largest absolute Gasteiger partial charge is 0.494 e. The molecule has 0 heterocycles. The Kier molecular flexibility index (Phi) is 3.68. The highest BCUT2D eigenvalue weighted by Crippen LogP contribution is 2.24. The fourth-order valence-electron chi connectivity index (χ4n) is 1.42. The molecule has 88 valence electrons. The molecule has 0 spiro atoms. The predicted molar refractivity (Wildman–Crippen MR) is 61.4 cm³/mol. The van der Waals surface area contributed by atoms with E-state index in [1.54, 1.807) is 0 Å². The lowest BCUT2D eigenvalue weighted by Crippen LogP contribution is -2.13. The van der Waals surface area contributed by atoms with Gasteiger partial charge in [0.15, 0.2) is 17.3 Å². The number of halogens is 1. The summed E-state index contributed by atoms with van der Waals surface area (Å²) in [5.41, 5.74) is 0.423. The lowest BCUT2D eigenvalue weighted by molar-refractivity contribution is 0.0939. The molecule has 0 amide bonds. The zero-order valence-electron chi connectivity index (χ0n) is 10.1. The van der Waals surface area contributed by atoms with Gasteiger partial charge in [-0.3, -0.25) is 4.79 Å². The van der Waals surface area contributed by atoms with E-state index in [1.165, 1.54) is 25.3 Å². The third kappa shape index (κ3) is 3.33. The molecule has 0 bridgehead atoms. The normalized spacial score (nSPS) is 11.3. The number of ketones is 1. The molecule has 16 heavy (non-hydrogen) atoms. The van der Waals surface area contributed by atoms with Crippen molar-refractivity contribution in [2.75, 3.05) is 7.11 Å². The van der Waals surface area contributed by atoms with Crippen molar-refractivity contribution in [2.24, 2.45) is 5.41 Å². The number of carbonyl (C=O) groups is 1. The average molecular weight is 224 g/mol. The van der Waals surface area contributed by atoms with E-state index >= 15 is 0 Å². The van der Waals surface area contributed by atoms with Crippen molar-refractivity contribution in [3.05, 3.63) is 29.6 Å². The Hall–Kier alpha value is -1.38. The van der Waals surface area contributed by atoms with Crippen LogP contribution in [0.4, 0.5) is 4.39 Å². The molecular formula is C13H17FO2. The van der Waals surface area contributed by atoms with Crippen LogP contribution in [-0.2, 0) is 0 Å². The van der Waals surface area contributed by atoms with Gasteiger partial charge in [0.1, 0.15) is 0 Å². The summed E-state index contributed by atoms with van der Waals surface area (Å²) in [6, 6.07) is 4.20. The number of rotatable bonds is 3. The van der Waals surface area contributed by atoms with E-state index in [-0.39, 0.29) is 16.9 Å². The number of hydrogen-bond acceptors (Lipinski definition) is 2. The number of Topliss-reactive ketones (excluding diaryl/α,β-unsaturated/α-hetero) is 1. The van der Waals surface area contributed by atoms with Gasteiger partial charge in [0, 0.05) is 12.0 Å². The Bertz CT molecular complexity index is 391. The Morgan fingerprint density at radius 3 is 2.50 bits per heavy atom. The smallest absolute Gasteiger partial charge is 0.165 e. The second-order valence-corrected chi connectivity index (χ2v) is 5.01. The van der Waals surface area contributed by atoms with Crippen LogP contribution in [0, 0.1) is 11.2 Å². The van der Waals surface area contributed by atoms with Gasteiger partial charge in [0.05, 0.1) is 7.11 Å². The zero-order valence-corrected chi connectivity index (χ0v) is 10.1. The van der Waals surface area contributed by atoms with Gasteiger partial charge in [-0.25, -0.2) is 4.39 Å². The Morgan fingerprint density at radius 1 is 1.38 bits per heavy atom. The minimum Gasteiger partial charge on any atom is -0.494 e. The van der Waals surface area contributed by atoms with Gasteiger partial charge in [-0.1, -0.05) is 20.8 Å². The molecule has 0 aliphatic carbocycles. The van der Waals surface area contributed by atoms with Gasteiger partial charge in [-0.2, -0.15) is 0 Å². The van der Waals surface area contributed by atoms with Gasteiger partial charge < -0.3 is 4.74 Å². The van der Waals surface area contributed by atoms with Crippen LogP contribution in [0.2, 0.25) is 0 Å². The summed E-state index contributed by atoms with van der Waals surface area (Å²) in [7, 11) is 1.39. The molecule has 0 saturated heterocycles. The fraction of sp³-hybridized carbons (Fsp3) is 0.462. The topological polar surface area (TPSA) is 26.3 Å². The zero-order chi connectivity index (χ0) is 12.3. The predicted octanol–water partition coefficient (Wildman–Crippen LogP) is 3.45. The van der Waals surface area contributed by atoms with Crippen LogP contribution in [0.15, 0.2) is 18.2 Å². The molecule has 1 rings (SSSR count). The maximum atomic E-state index is 13.1. The van der Waals surface area contributed by atoms with Crippen molar-refractivity contribution in [1.82, 2.24) is 0 Å². The highest BCUT2D eigenvalue weighted by molar-refractivity contribution is 5.96. The summed E-state index contributed by atoms with van der Waals surface area (Å²) >= 11 is 0. The Balaban J connectivity index is 2.93. The van der Waals surface area contributed by atoms with Crippen molar-refractivity contribution in [3.63, 3.8) is 0 Å². The van der Waals surface area contributed by atoms with Crippen LogP contribution in [-0.4, -0.2) is 12.9 Å². The summed E-state index contributed by atoms with van der Waals surface area (Å²) in [6.07, 6.45) is 0.432. The van der Waals surface area contributed by atoms with Crippen LogP contribution in [0.1, 0.15) is 37.6 Å². The molecule has 3 heteroatoms. The molecule has 2 nitrogen and oxygen atoms in total. The quantitative estimate of drug-likeness (QED) is 0.735. The minimum atomic E-state index is -0.449. The molecule has 0 radical (unpaired) electrons. The molecule has 0 aliphatic rings. The highest BCUT2D eigenvalue weighted by Gasteiger charge is 2.18. The van der Waals surface area contributed by atoms with Crippen LogP contribution in [0.5, 0.6) is 5.75 Å². The SMILES string of the molecule is COc1cc(C(=O)CC(C)(C)C)ccc1F. The molecule has 0 N–H and O–H groups in total. The summed E-state index contributed by atoms with van der Waals surface area (Å²) in [5, 5.41) is 0. The van der Waals surface area contributed by atoms with Crippen LogP contribution >= 0.6 is 0 Å². The third-order valence-electron chi connectivity index (χ3n) is 2.16. The number of ether oxygens (including phenoxy) is 1. The lowest BCUT2D eigenvalue weighted by atomic mass is 9.88. The second kappa shape index (κ2) is 4.64. The maximum Gasteiger partial charge on any atom is 0.165 e. The number of carbonyl (C=O) groups excluding carboxylic acids is 1. The summed E-state index contributed by atoms with van der Waals surface area (Å²) < 4.78 is 18.0. The van der Waals surface area contributed by atoms with E-state index in [0.717, 1.165) is 0 Å². The van der Waals surface area contributed by atoms with Gasteiger partial charge in [-0.05, 0) is 23.6 Å². The van der Waals surface area contributed by atoms with E-state index in [4.69, 9.17) is 4.74 Å². The molecule has 1 aromatic rings. The first-order chi connectivity index (χ1) is 7.33. The van der Waals surface area contributed by atoms with Gasteiger partial charge >= 0.3 is 0 Å². The molecular weight excluding hydrogens is 207 g/mol. The first-order valence-corrected chi connectivity index (χ1v) is 5.20. The number of hydrogen-bond donors (Lipinski definition) is 0. The van der Waals surface area contributed by atoms with Crippen molar-refractivity contribution in [2.45, 2.75) is 27.2 Å². The first kappa shape index (κ1) is 12.7. The molecule has 0 saturated carbocycles. The number of methoxy groups -OCH3 is 1. The molecule has 0 unspecified atom stereocenters.